The lowest BCUT2D eigenvalue weighted by atomic mass is 9.85. The summed E-state index contributed by atoms with van der Waals surface area (Å²) in [7, 11) is 0. The van der Waals surface area contributed by atoms with Crippen LogP contribution in [0.25, 0.3) is 0 Å². The molecule has 0 bridgehead atoms. The van der Waals surface area contributed by atoms with Crippen molar-refractivity contribution < 1.29 is 9.59 Å². The predicted molar refractivity (Wildman–Crippen MR) is 118 cm³/mol. The van der Waals surface area contributed by atoms with Gasteiger partial charge in [-0.25, -0.2) is 4.79 Å². The summed E-state index contributed by atoms with van der Waals surface area (Å²) < 4.78 is 0. The molecule has 3 heterocycles. The first-order valence-corrected chi connectivity index (χ1v) is 11.1. The van der Waals surface area contributed by atoms with E-state index in [1.165, 1.54) is 5.56 Å². The fraction of sp³-hybridized carbons (Fsp3) is 0.500. The van der Waals surface area contributed by atoms with Crippen LogP contribution in [-0.2, 0) is 17.6 Å². The second-order valence-corrected chi connectivity index (χ2v) is 9.23. The van der Waals surface area contributed by atoms with Gasteiger partial charge < -0.3 is 14.8 Å². The van der Waals surface area contributed by atoms with E-state index < -0.39 is 11.1 Å². The number of carbonyl (C=O) groups is 2. The zero-order valence-corrected chi connectivity index (χ0v) is 18.3. The highest BCUT2D eigenvalue weighted by Gasteiger charge is 2.51. The lowest BCUT2D eigenvalue weighted by Gasteiger charge is -2.23. The van der Waals surface area contributed by atoms with E-state index in [1.54, 1.807) is 11.0 Å². The van der Waals surface area contributed by atoms with Crippen LogP contribution < -0.4 is 5.69 Å². The van der Waals surface area contributed by atoms with Gasteiger partial charge in [-0.15, -0.1) is 0 Å². The van der Waals surface area contributed by atoms with E-state index in [1.807, 2.05) is 23.1 Å². The van der Waals surface area contributed by atoms with Gasteiger partial charge in [-0.2, -0.15) is 4.98 Å². The molecule has 2 aliphatic heterocycles. The molecule has 2 fully saturated rings. The standard InChI is InChI=1S/C24H30N4O3/c1-17(2)14-19-15-20(26-23(31)25-19)21(29)28-13-10-24(16-28)9-12-27(22(24)30)11-8-18-6-4-3-5-7-18/h3-7,15,17H,8-14,16H2,1-2H3,(H,25,26,31). The van der Waals surface area contributed by atoms with Gasteiger partial charge in [-0.05, 0) is 43.2 Å². The van der Waals surface area contributed by atoms with Crippen molar-refractivity contribution in [2.75, 3.05) is 26.2 Å². The minimum Gasteiger partial charge on any atom is -0.342 e. The number of likely N-dealkylation sites (tertiary alicyclic amines) is 2. The summed E-state index contributed by atoms with van der Waals surface area (Å²) in [5.74, 6) is 0.246. The summed E-state index contributed by atoms with van der Waals surface area (Å²) in [6, 6.07) is 11.8. The number of rotatable bonds is 6. The van der Waals surface area contributed by atoms with Gasteiger partial charge in [0.15, 0.2) is 0 Å². The van der Waals surface area contributed by atoms with Gasteiger partial charge in [0.05, 0.1) is 5.41 Å². The first kappa shape index (κ1) is 21.3. The summed E-state index contributed by atoms with van der Waals surface area (Å²) in [6.45, 7) is 6.47. The van der Waals surface area contributed by atoms with Crippen LogP contribution in [0.1, 0.15) is 48.4 Å². The summed E-state index contributed by atoms with van der Waals surface area (Å²) >= 11 is 0. The van der Waals surface area contributed by atoms with Crippen molar-refractivity contribution in [1.29, 1.82) is 0 Å². The van der Waals surface area contributed by atoms with E-state index in [0.717, 1.165) is 25.1 Å². The van der Waals surface area contributed by atoms with Crippen molar-refractivity contribution in [3.63, 3.8) is 0 Å². The van der Waals surface area contributed by atoms with Gasteiger partial charge in [-0.3, -0.25) is 9.59 Å². The maximum absolute atomic E-state index is 13.2. The van der Waals surface area contributed by atoms with E-state index in [9.17, 15) is 14.4 Å². The molecule has 1 atom stereocenters. The Balaban J connectivity index is 1.42. The van der Waals surface area contributed by atoms with E-state index in [-0.39, 0.29) is 17.5 Å². The average Bonchev–Trinajstić information content (AvgIpc) is 3.30. The third-order valence-corrected chi connectivity index (χ3v) is 6.40. The summed E-state index contributed by atoms with van der Waals surface area (Å²) in [4.78, 5) is 48.5. The molecular weight excluding hydrogens is 392 g/mol. The number of nitrogens with one attached hydrogen (secondary N) is 1. The Bertz CT molecular complexity index is 1020. The van der Waals surface area contributed by atoms with Crippen LogP contribution >= 0.6 is 0 Å². The van der Waals surface area contributed by atoms with Gasteiger partial charge in [0.1, 0.15) is 5.69 Å². The van der Waals surface area contributed by atoms with Crippen LogP contribution in [-0.4, -0.2) is 57.8 Å². The number of hydrogen-bond donors (Lipinski definition) is 1. The molecule has 1 spiro atoms. The second kappa shape index (κ2) is 8.65. The van der Waals surface area contributed by atoms with Crippen LogP contribution in [0.2, 0.25) is 0 Å². The molecule has 0 radical (unpaired) electrons. The molecule has 7 heteroatoms. The average molecular weight is 423 g/mol. The Labute approximate surface area is 182 Å². The molecule has 1 aromatic heterocycles. The van der Waals surface area contributed by atoms with Crippen molar-refractivity contribution in [3.05, 3.63) is 63.8 Å². The second-order valence-electron chi connectivity index (χ2n) is 9.23. The van der Waals surface area contributed by atoms with Crippen LogP contribution in [0, 0.1) is 11.3 Å². The maximum Gasteiger partial charge on any atom is 0.345 e. The van der Waals surface area contributed by atoms with Gasteiger partial charge >= 0.3 is 5.69 Å². The summed E-state index contributed by atoms with van der Waals surface area (Å²) in [6.07, 6.45) is 2.95. The van der Waals surface area contributed by atoms with Crippen molar-refractivity contribution >= 4 is 11.8 Å². The molecule has 0 aliphatic carbocycles. The molecule has 1 unspecified atom stereocenters. The quantitative estimate of drug-likeness (QED) is 0.774. The third kappa shape index (κ3) is 4.55. The van der Waals surface area contributed by atoms with Crippen molar-refractivity contribution in [2.24, 2.45) is 11.3 Å². The number of aromatic amines is 1. The molecule has 1 aromatic carbocycles. The van der Waals surface area contributed by atoms with Crippen LogP contribution in [0.3, 0.4) is 0 Å². The highest BCUT2D eigenvalue weighted by atomic mass is 16.2. The highest BCUT2D eigenvalue weighted by Crippen LogP contribution is 2.41. The number of hydrogen-bond acceptors (Lipinski definition) is 4. The minimum absolute atomic E-state index is 0.151. The van der Waals surface area contributed by atoms with E-state index in [2.05, 4.69) is 35.9 Å². The number of H-pyrrole nitrogens is 1. The van der Waals surface area contributed by atoms with Crippen molar-refractivity contribution in [3.8, 4) is 0 Å². The van der Waals surface area contributed by atoms with Gasteiger partial charge in [-0.1, -0.05) is 44.2 Å². The fourth-order valence-electron chi connectivity index (χ4n) is 4.77. The maximum atomic E-state index is 13.2. The van der Waals surface area contributed by atoms with Gasteiger partial charge in [0.25, 0.3) is 5.91 Å². The number of amides is 2. The minimum atomic E-state index is -0.501. The Morgan fingerprint density at radius 1 is 1.16 bits per heavy atom. The molecule has 2 saturated heterocycles. The van der Waals surface area contributed by atoms with Gasteiger partial charge in [0, 0.05) is 31.9 Å². The summed E-state index contributed by atoms with van der Waals surface area (Å²) in [5.41, 5.74) is 1.12. The number of carbonyl (C=O) groups excluding carboxylic acids is 2. The molecule has 2 amide bonds. The molecule has 2 aromatic rings. The molecule has 31 heavy (non-hydrogen) atoms. The summed E-state index contributed by atoms with van der Waals surface area (Å²) in [5, 5.41) is 0. The van der Waals surface area contributed by atoms with Crippen molar-refractivity contribution in [2.45, 2.75) is 39.5 Å². The Morgan fingerprint density at radius 3 is 2.65 bits per heavy atom. The highest BCUT2D eigenvalue weighted by molar-refractivity contribution is 5.94. The molecule has 7 nitrogen and oxygen atoms in total. The Morgan fingerprint density at radius 2 is 1.90 bits per heavy atom. The smallest absolute Gasteiger partial charge is 0.342 e. The zero-order valence-electron chi connectivity index (χ0n) is 18.3. The zero-order chi connectivity index (χ0) is 22.0. The number of benzene rings is 1. The van der Waals surface area contributed by atoms with E-state index >= 15 is 0 Å². The van der Waals surface area contributed by atoms with Crippen molar-refractivity contribution in [1.82, 2.24) is 19.8 Å². The fourth-order valence-corrected chi connectivity index (χ4v) is 4.77. The first-order chi connectivity index (χ1) is 14.9. The number of aromatic nitrogens is 2. The Hall–Kier alpha value is -2.96. The van der Waals surface area contributed by atoms with Gasteiger partial charge in [0.2, 0.25) is 5.91 Å². The lowest BCUT2D eigenvalue weighted by Crippen LogP contribution is -2.39. The van der Waals surface area contributed by atoms with Crippen LogP contribution in [0.15, 0.2) is 41.2 Å². The topological polar surface area (TPSA) is 86.4 Å². The third-order valence-electron chi connectivity index (χ3n) is 6.40. The predicted octanol–water partition coefficient (Wildman–Crippen LogP) is 2.28. The Kier molecular flexibility index (Phi) is 5.94. The SMILES string of the molecule is CC(C)Cc1cc(C(=O)N2CCC3(CCN(CCc4ccccc4)C3=O)C2)nc(=O)[nH]1. The molecule has 2 aliphatic rings. The molecule has 164 valence electrons. The lowest BCUT2D eigenvalue weighted by molar-refractivity contribution is -0.135. The molecular formula is C24H30N4O3. The normalized spacial score (nSPS) is 20.9. The van der Waals surface area contributed by atoms with E-state index in [4.69, 9.17) is 0 Å². The van der Waals surface area contributed by atoms with Crippen LogP contribution in [0.5, 0.6) is 0 Å². The first-order valence-electron chi connectivity index (χ1n) is 11.1. The van der Waals surface area contributed by atoms with E-state index in [0.29, 0.717) is 38.4 Å². The largest absolute Gasteiger partial charge is 0.345 e. The molecule has 1 N–H and O–H groups in total. The molecule has 4 rings (SSSR count). The number of nitrogens with zero attached hydrogens (tertiary/aromatic N) is 3. The molecule has 0 saturated carbocycles. The monoisotopic (exact) mass is 422 g/mol. The van der Waals surface area contributed by atoms with Crippen LogP contribution in [0.4, 0.5) is 0 Å².